The van der Waals surface area contributed by atoms with E-state index in [1.165, 1.54) is 10.1 Å². The number of benzene rings is 2. The third-order valence-electron chi connectivity index (χ3n) is 6.09. The van der Waals surface area contributed by atoms with E-state index in [9.17, 15) is 14.4 Å². The Kier molecular flexibility index (Phi) is 4.74. The zero-order valence-corrected chi connectivity index (χ0v) is 18.0. The molecule has 5 rings (SSSR count). The first-order chi connectivity index (χ1) is 15.0. The van der Waals surface area contributed by atoms with E-state index in [4.69, 9.17) is 4.74 Å². The Balaban J connectivity index is 1.43. The third kappa shape index (κ3) is 3.18. The fourth-order valence-electron chi connectivity index (χ4n) is 4.41. The minimum absolute atomic E-state index is 0.130. The molecule has 1 saturated carbocycles. The standard InChI is InChI=1S/C25H21NO4S/c1-14-10-11-18(19(27)12-14)26-24(28)17-7-5-8-20(23(17)25(26)29)30-13-22-15(2)16-6-3-4-9-21(16)31-22/h3-9,18H,1,10-13H2,2H3. The molecular formula is C25H21NO4S. The molecule has 2 heterocycles. The molecule has 1 unspecified atom stereocenters. The van der Waals surface area contributed by atoms with Gasteiger partial charge in [0, 0.05) is 16.0 Å². The van der Waals surface area contributed by atoms with Crippen molar-refractivity contribution in [1.82, 2.24) is 4.90 Å². The van der Waals surface area contributed by atoms with Gasteiger partial charge in [0.2, 0.25) is 0 Å². The van der Waals surface area contributed by atoms with E-state index in [-0.39, 0.29) is 17.8 Å². The van der Waals surface area contributed by atoms with Gasteiger partial charge >= 0.3 is 0 Å². The summed E-state index contributed by atoms with van der Waals surface area (Å²) in [5, 5.41) is 1.19. The monoisotopic (exact) mass is 431 g/mol. The Morgan fingerprint density at radius 2 is 1.90 bits per heavy atom. The van der Waals surface area contributed by atoms with Crippen LogP contribution in [0.3, 0.4) is 0 Å². The van der Waals surface area contributed by atoms with E-state index in [1.807, 2.05) is 12.1 Å². The zero-order chi connectivity index (χ0) is 21.7. The second-order valence-electron chi connectivity index (χ2n) is 8.04. The first kappa shape index (κ1) is 19.7. The zero-order valence-electron chi connectivity index (χ0n) is 17.1. The second kappa shape index (κ2) is 7.46. The quantitative estimate of drug-likeness (QED) is 0.428. The maximum atomic E-state index is 13.2. The largest absolute Gasteiger partial charge is 0.487 e. The number of thiophene rings is 1. The molecule has 1 aromatic heterocycles. The molecule has 0 saturated heterocycles. The highest BCUT2D eigenvalue weighted by atomic mass is 32.1. The molecule has 0 spiro atoms. The summed E-state index contributed by atoms with van der Waals surface area (Å²) in [6.45, 7) is 6.24. The van der Waals surface area contributed by atoms with Crippen LogP contribution in [-0.2, 0) is 11.4 Å². The topological polar surface area (TPSA) is 63.7 Å². The first-order valence-corrected chi connectivity index (χ1v) is 11.1. The summed E-state index contributed by atoms with van der Waals surface area (Å²) >= 11 is 1.66. The molecule has 3 aromatic rings. The van der Waals surface area contributed by atoms with Gasteiger partial charge in [-0.2, -0.15) is 0 Å². The predicted molar refractivity (Wildman–Crippen MR) is 120 cm³/mol. The van der Waals surface area contributed by atoms with Crippen LogP contribution in [0.1, 0.15) is 50.4 Å². The number of hydrogen-bond donors (Lipinski definition) is 0. The Morgan fingerprint density at radius 1 is 1.10 bits per heavy atom. The van der Waals surface area contributed by atoms with Crippen LogP contribution in [0.5, 0.6) is 5.75 Å². The highest BCUT2D eigenvalue weighted by molar-refractivity contribution is 7.19. The average molecular weight is 432 g/mol. The molecule has 0 bridgehead atoms. The van der Waals surface area contributed by atoms with Crippen molar-refractivity contribution < 1.29 is 19.1 Å². The van der Waals surface area contributed by atoms with Crippen molar-refractivity contribution >= 4 is 39.0 Å². The van der Waals surface area contributed by atoms with Crippen LogP contribution in [0.15, 0.2) is 54.6 Å². The van der Waals surface area contributed by atoms with Gasteiger partial charge in [-0.1, -0.05) is 36.4 Å². The molecule has 1 atom stereocenters. The van der Waals surface area contributed by atoms with E-state index >= 15 is 0 Å². The van der Waals surface area contributed by atoms with Gasteiger partial charge < -0.3 is 4.74 Å². The highest BCUT2D eigenvalue weighted by Gasteiger charge is 2.45. The SMILES string of the molecule is C=C1CCC(N2C(=O)c3cccc(OCc4sc5ccccc5c4C)c3C2=O)C(=O)C1. The Morgan fingerprint density at radius 3 is 2.68 bits per heavy atom. The molecule has 2 aromatic carbocycles. The summed E-state index contributed by atoms with van der Waals surface area (Å²) in [5.74, 6) is -0.624. The van der Waals surface area contributed by atoms with Crippen LogP contribution in [0.25, 0.3) is 10.1 Å². The van der Waals surface area contributed by atoms with Gasteiger partial charge in [-0.25, -0.2) is 0 Å². The molecule has 0 N–H and O–H groups in total. The number of carbonyl (C=O) groups is 3. The third-order valence-corrected chi connectivity index (χ3v) is 7.33. The molecule has 2 aliphatic rings. The van der Waals surface area contributed by atoms with E-state index in [0.717, 1.165) is 20.9 Å². The number of rotatable bonds is 4. The minimum atomic E-state index is -0.726. The number of nitrogens with zero attached hydrogens (tertiary/aromatic N) is 1. The van der Waals surface area contributed by atoms with Crippen molar-refractivity contribution in [1.29, 1.82) is 0 Å². The number of hydrogen-bond acceptors (Lipinski definition) is 5. The van der Waals surface area contributed by atoms with Crippen molar-refractivity contribution in [3.05, 3.63) is 76.2 Å². The fourth-order valence-corrected chi connectivity index (χ4v) is 5.53. The second-order valence-corrected chi connectivity index (χ2v) is 9.18. The average Bonchev–Trinajstić information content (AvgIpc) is 3.21. The van der Waals surface area contributed by atoms with Crippen LogP contribution in [0, 0.1) is 6.92 Å². The van der Waals surface area contributed by atoms with Crippen LogP contribution in [-0.4, -0.2) is 28.5 Å². The number of carbonyl (C=O) groups excluding carboxylic acids is 3. The maximum Gasteiger partial charge on any atom is 0.266 e. The molecule has 1 fully saturated rings. The van der Waals surface area contributed by atoms with Crippen molar-refractivity contribution in [2.45, 2.75) is 38.8 Å². The summed E-state index contributed by atoms with van der Waals surface area (Å²) in [7, 11) is 0. The van der Waals surface area contributed by atoms with E-state index < -0.39 is 17.9 Å². The lowest BCUT2D eigenvalue weighted by Gasteiger charge is -2.29. The summed E-state index contributed by atoms with van der Waals surface area (Å²) in [6, 6.07) is 12.5. The van der Waals surface area contributed by atoms with Crippen molar-refractivity contribution in [2.24, 2.45) is 0 Å². The number of Topliss-reactive ketones (excluding diaryl/α,β-unsaturated/α-hetero) is 1. The molecule has 31 heavy (non-hydrogen) atoms. The molecule has 1 aliphatic carbocycles. The number of aryl methyl sites for hydroxylation is 1. The molecule has 2 amide bonds. The lowest BCUT2D eigenvalue weighted by Crippen LogP contribution is -2.46. The van der Waals surface area contributed by atoms with Crippen molar-refractivity contribution in [3.8, 4) is 5.75 Å². The van der Waals surface area contributed by atoms with E-state index in [0.29, 0.717) is 30.8 Å². The number of amides is 2. The van der Waals surface area contributed by atoms with Crippen LogP contribution in [0.4, 0.5) is 0 Å². The summed E-state index contributed by atoms with van der Waals surface area (Å²) in [4.78, 5) is 40.9. The first-order valence-electron chi connectivity index (χ1n) is 10.3. The summed E-state index contributed by atoms with van der Waals surface area (Å²) in [6.07, 6.45) is 1.28. The number of fused-ring (bicyclic) bond motifs is 2. The highest BCUT2D eigenvalue weighted by Crippen LogP contribution is 2.37. The smallest absolute Gasteiger partial charge is 0.266 e. The Labute approximate surface area is 183 Å². The van der Waals surface area contributed by atoms with E-state index in [2.05, 4.69) is 25.6 Å². The number of ketones is 1. The van der Waals surface area contributed by atoms with Gasteiger partial charge in [0.25, 0.3) is 11.8 Å². The minimum Gasteiger partial charge on any atom is -0.487 e. The van der Waals surface area contributed by atoms with Gasteiger partial charge in [-0.3, -0.25) is 19.3 Å². The van der Waals surface area contributed by atoms with Crippen molar-refractivity contribution in [3.63, 3.8) is 0 Å². The van der Waals surface area contributed by atoms with Crippen LogP contribution >= 0.6 is 11.3 Å². The fraction of sp³-hybridized carbons (Fsp3) is 0.240. The molecule has 0 radical (unpaired) electrons. The lowest BCUT2D eigenvalue weighted by atomic mass is 9.89. The normalized spacial score (nSPS) is 18.7. The van der Waals surface area contributed by atoms with Crippen LogP contribution < -0.4 is 4.74 Å². The van der Waals surface area contributed by atoms with Gasteiger partial charge in [0.15, 0.2) is 5.78 Å². The Bertz CT molecular complexity index is 1270. The van der Waals surface area contributed by atoms with Gasteiger partial charge in [0.05, 0.1) is 17.2 Å². The van der Waals surface area contributed by atoms with Crippen LogP contribution in [0.2, 0.25) is 0 Å². The number of allylic oxidation sites excluding steroid dienone is 1. The molecular weight excluding hydrogens is 410 g/mol. The lowest BCUT2D eigenvalue weighted by molar-refractivity contribution is -0.123. The Hall–Kier alpha value is -3.25. The van der Waals surface area contributed by atoms with Gasteiger partial charge in [-0.05, 0) is 48.9 Å². The molecule has 6 heteroatoms. The molecule has 5 nitrogen and oxygen atoms in total. The molecule has 156 valence electrons. The van der Waals surface area contributed by atoms with Crippen molar-refractivity contribution in [2.75, 3.05) is 0 Å². The predicted octanol–water partition coefficient (Wildman–Crippen LogP) is 5.06. The summed E-state index contributed by atoms with van der Waals surface area (Å²) < 4.78 is 7.24. The van der Waals surface area contributed by atoms with Gasteiger partial charge in [-0.15, -0.1) is 11.3 Å². The van der Waals surface area contributed by atoms with E-state index in [1.54, 1.807) is 29.5 Å². The molecule has 1 aliphatic heterocycles. The van der Waals surface area contributed by atoms with Gasteiger partial charge in [0.1, 0.15) is 12.4 Å². The maximum absolute atomic E-state index is 13.2. The number of ether oxygens (including phenoxy) is 1. The number of imide groups is 1. The summed E-state index contributed by atoms with van der Waals surface area (Å²) in [5.41, 5.74) is 2.56.